The molecule has 0 saturated heterocycles. The first-order chi connectivity index (χ1) is 10.3. The van der Waals surface area contributed by atoms with Gasteiger partial charge in [0.05, 0.1) is 13.2 Å². The fourth-order valence-corrected chi connectivity index (χ4v) is 3.44. The van der Waals surface area contributed by atoms with Gasteiger partial charge in [0.25, 0.3) is 0 Å². The number of halogens is 1. The minimum atomic E-state index is -0.230. The molecule has 2 aromatic carbocycles. The number of fused-ring (bicyclic) bond motifs is 1. The summed E-state index contributed by atoms with van der Waals surface area (Å²) in [6.45, 7) is 1.21. The lowest BCUT2D eigenvalue weighted by atomic mass is 10.1. The molecule has 21 heavy (non-hydrogen) atoms. The molecule has 2 nitrogen and oxygen atoms in total. The summed E-state index contributed by atoms with van der Waals surface area (Å²) < 4.78 is 20.5. The topological polar surface area (TPSA) is 35.2 Å². The highest BCUT2D eigenvalue weighted by atomic mass is 32.1. The van der Waals surface area contributed by atoms with E-state index in [0.29, 0.717) is 18.7 Å². The van der Waals surface area contributed by atoms with Crippen LogP contribution in [0.1, 0.15) is 16.0 Å². The molecule has 0 aliphatic rings. The van der Waals surface area contributed by atoms with E-state index in [2.05, 4.69) is 12.1 Å². The van der Waals surface area contributed by atoms with E-state index < -0.39 is 0 Å². The number of ether oxygens (including phenoxy) is 1. The maximum atomic E-state index is 13.6. The van der Waals surface area contributed by atoms with Gasteiger partial charge in [0.2, 0.25) is 0 Å². The summed E-state index contributed by atoms with van der Waals surface area (Å²) in [6, 6.07) is 14.9. The van der Waals surface area contributed by atoms with Crippen LogP contribution in [0.25, 0.3) is 10.1 Å². The summed E-state index contributed by atoms with van der Waals surface area (Å²) in [7, 11) is 0. The fourth-order valence-electron chi connectivity index (χ4n) is 2.35. The van der Waals surface area contributed by atoms with Gasteiger partial charge < -0.3 is 10.5 Å². The van der Waals surface area contributed by atoms with E-state index in [0.717, 1.165) is 10.4 Å². The minimum Gasteiger partial charge on any atom is -0.372 e. The van der Waals surface area contributed by atoms with Gasteiger partial charge in [-0.15, -0.1) is 11.3 Å². The SMILES string of the molecule is NCc1sc2ccccc2c1COCc1ccccc1F. The molecule has 0 atom stereocenters. The van der Waals surface area contributed by atoms with E-state index in [1.54, 1.807) is 23.5 Å². The van der Waals surface area contributed by atoms with E-state index in [1.165, 1.54) is 16.2 Å². The molecule has 108 valence electrons. The van der Waals surface area contributed by atoms with Crippen LogP contribution in [0, 0.1) is 5.82 Å². The Kier molecular flexibility index (Phi) is 4.29. The van der Waals surface area contributed by atoms with Crippen molar-refractivity contribution in [3.8, 4) is 0 Å². The number of rotatable bonds is 5. The van der Waals surface area contributed by atoms with Crippen LogP contribution in [-0.4, -0.2) is 0 Å². The Morgan fingerprint density at radius 1 is 1.00 bits per heavy atom. The van der Waals surface area contributed by atoms with E-state index in [1.807, 2.05) is 18.2 Å². The molecule has 0 spiro atoms. The lowest BCUT2D eigenvalue weighted by Gasteiger charge is -2.06. The second-order valence-corrected chi connectivity index (χ2v) is 5.93. The standard InChI is InChI=1S/C17H16FNOS/c18-15-7-3-1-5-12(15)10-20-11-14-13-6-2-4-8-16(13)21-17(14)9-19/h1-8H,9-11,19H2. The predicted octanol–water partition coefficient (Wildman–Crippen LogP) is 4.22. The third kappa shape index (κ3) is 2.97. The van der Waals surface area contributed by atoms with Gasteiger partial charge in [-0.2, -0.15) is 0 Å². The van der Waals surface area contributed by atoms with Crippen LogP contribution >= 0.6 is 11.3 Å². The number of hydrogen-bond donors (Lipinski definition) is 1. The Labute approximate surface area is 127 Å². The maximum absolute atomic E-state index is 13.6. The van der Waals surface area contributed by atoms with Crippen molar-refractivity contribution in [1.82, 2.24) is 0 Å². The lowest BCUT2D eigenvalue weighted by molar-refractivity contribution is 0.105. The zero-order chi connectivity index (χ0) is 14.7. The highest BCUT2D eigenvalue weighted by Gasteiger charge is 2.11. The molecule has 0 aliphatic heterocycles. The highest BCUT2D eigenvalue weighted by Crippen LogP contribution is 2.31. The van der Waals surface area contributed by atoms with E-state index >= 15 is 0 Å². The molecule has 0 bridgehead atoms. The zero-order valence-electron chi connectivity index (χ0n) is 11.5. The monoisotopic (exact) mass is 301 g/mol. The summed E-state index contributed by atoms with van der Waals surface area (Å²) >= 11 is 1.69. The Morgan fingerprint density at radius 2 is 1.76 bits per heavy atom. The van der Waals surface area contributed by atoms with Crippen molar-refractivity contribution in [3.05, 3.63) is 70.4 Å². The van der Waals surface area contributed by atoms with Gasteiger partial charge in [-0.3, -0.25) is 0 Å². The molecule has 1 aromatic heterocycles. The van der Waals surface area contributed by atoms with Crippen molar-refractivity contribution in [2.75, 3.05) is 0 Å². The number of thiophene rings is 1. The van der Waals surface area contributed by atoms with Crippen molar-refractivity contribution in [1.29, 1.82) is 0 Å². The summed E-state index contributed by atoms with van der Waals surface area (Å²) in [5, 5.41) is 1.18. The van der Waals surface area contributed by atoms with E-state index in [-0.39, 0.29) is 12.4 Å². The molecule has 3 rings (SSSR count). The number of nitrogens with two attached hydrogens (primary N) is 1. The highest BCUT2D eigenvalue weighted by molar-refractivity contribution is 7.19. The Balaban J connectivity index is 1.77. The van der Waals surface area contributed by atoms with Gasteiger partial charge in [0.1, 0.15) is 5.82 Å². The Morgan fingerprint density at radius 3 is 2.57 bits per heavy atom. The lowest BCUT2D eigenvalue weighted by Crippen LogP contribution is -2.01. The summed E-state index contributed by atoms with van der Waals surface area (Å²) in [5.41, 5.74) is 7.51. The van der Waals surface area contributed by atoms with Crippen LogP contribution < -0.4 is 5.73 Å². The third-order valence-corrected chi connectivity index (χ3v) is 4.66. The smallest absolute Gasteiger partial charge is 0.128 e. The number of hydrogen-bond acceptors (Lipinski definition) is 3. The largest absolute Gasteiger partial charge is 0.372 e. The van der Waals surface area contributed by atoms with Gasteiger partial charge in [0.15, 0.2) is 0 Å². The van der Waals surface area contributed by atoms with Crippen molar-refractivity contribution in [2.45, 2.75) is 19.8 Å². The Hall–Kier alpha value is -1.75. The first-order valence-electron chi connectivity index (χ1n) is 6.80. The predicted molar refractivity (Wildman–Crippen MR) is 84.6 cm³/mol. The molecule has 2 N–H and O–H groups in total. The van der Waals surface area contributed by atoms with E-state index in [4.69, 9.17) is 10.5 Å². The molecule has 4 heteroatoms. The van der Waals surface area contributed by atoms with Crippen molar-refractivity contribution < 1.29 is 9.13 Å². The third-order valence-electron chi connectivity index (χ3n) is 3.43. The van der Waals surface area contributed by atoms with Crippen molar-refractivity contribution in [2.24, 2.45) is 5.73 Å². The van der Waals surface area contributed by atoms with Crippen LogP contribution in [0.2, 0.25) is 0 Å². The first kappa shape index (κ1) is 14.2. The summed E-state index contributed by atoms with van der Waals surface area (Å²) in [6.07, 6.45) is 0. The zero-order valence-corrected chi connectivity index (χ0v) is 12.3. The second kappa shape index (κ2) is 6.35. The quantitative estimate of drug-likeness (QED) is 0.766. The van der Waals surface area contributed by atoms with E-state index in [9.17, 15) is 4.39 Å². The molecule has 0 unspecified atom stereocenters. The molecular formula is C17H16FNOS. The normalized spacial score (nSPS) is 11.1. The van der Waals surface area contributed by atoms with Gasteiger partial charge in [-0.25, -0.2) is 4.39 Å². The fraction of sp³-hybridized carbons (Fsp3) is 0.176. The molecule has 0 radical (unpaired) electrons. The molecule has 3 aromatic rings. The van der Waals surface area contributed by atoms with Crippen LogP contribution in [0.5, 0.6) is 0 Å². The molecule has 1 heterocycles. The molecule has 0 amide bonds. The van der Waals surface area contributed by atoms with Crippen molar-refractivity contribution in [3.63, 3.8) is 0 Å². The van der Waals surface area contributed by atoms with Crippen LogP contribution in [-0.2, 0) is 24.5 Å². The molecule has 0 saturated carbocycles. The first-order valence-corrected chi connectivity index (χ1v) is 7.61. The number of benzene rings is 2. The minimum absolute atomic E-state index is 0.230. The summed E-state index contributed by atoms with van der Waals surface area (Å²) in [4.78, 5) is 1.13. The molecular weight excluding hydrogens is 285 g/mol. The molecule has 0 fully saturated rings. The average molecular weight is 301 g/mol. The van der Waals surface area contributed by atoms with Gasteiger partial charge >= 0.3 is 0 Å². The van der Waals surface area contributed by atoms with Gasteiger partial charge in [0, 0.05) is 27.2 Å². The molecule has 0 aliphatic carbocycles. The van der Waals surface area contributed by atoms with Crippen LogP contribution in [0.15, 0.2) is 48.5 Å². The summed E-state index contributed by atoms with van der Waals surface area (Å²) in [5.74, 6) is -0.230. The van der Waals surface area contributed by atoms with Gasteiger partial charge in [-0.1, -0.05) is 36.4 Å². The Bertz CT molecular complexity index is 753. The maximum Gasteiger partial charge on any atom is 0.128 e. The van der Waals surface area contributed by atoms with Gasteiger partial charge in [-0.05, 0) is 17.5 Å². The van der Waals surface area contributed by atoms with Crippen LogP contribution in [0.3, 0.4) is 0 Å². The van der Waals surface area contributed by atoms with Crippen LogP contribution in [0.4, 0.5) is 4.39 Å². The second-order valence-electron chi connectivity index (χ2n) is 4.79. The average Bonchev–Trinajstić information content (AvgIpc) is 2.87. The van der Waals surface area contributed by atoms with Crippen molar-refractivity contribution >= 4 is 21.4 Å².